The highest BCUT2D eigenvalue weighted by Gasteiger charge is 2.22. The number of hydrogen-bond donors (Lipinski definition) is 2. The Balaban J connectivity index is 1.65. The smallest absolute Gasteiger partial charge is 0.219 e. The summed E-state index contributed by atoms with van der Waals surface area (Å²) in [5, 5.41) is 19.4. The van der Waals surface area contributed by atoms with E-state index in [1.807, 2.05) is 33.8 Å². The van der Waals surface area contributed by atoms with E-state index in [1.165, 1.54) is 0 Å². The second kappa shape index (κ2) is 8.37. The van der Waals surface area contributed by atoms with Crippen molar-refractivity contribution < 1.29 is 9.90 Å². The quantitative estimate of drug-likeness (QED) is 0.631. The molecule has 1 saturated heterocycles. The summed E-state index contributed by atoms with van der Waals surface area (Å²) in [5.41, 5.74) is 2.22. The van der Waals surface area contributed by atoms with E-state index >= 15 is 0 Å². The number of piperidine rings is 1. The fraction of sp³-hybridized carbons (Fsp3) is 0.381. The van der Waals surface area contributed by atoms with Crippen LogP contribution in [0.25, 0.3) is 16.9 Å². The first-order valence-electron chi connectivity index (χ1n) is 9.91. The van der Waals surface area contributed by atoms with Crippen LogP contribution in [-0.4, -0.2) is 56.8 Å². The van der Waals surface area contributed by atoms with Gasteiger partial charge in [0.2, 0.25) is 5.91 Å². The monoisotopic (exact) mass is 411 g/mol. The molecule has 1 fully saturated rings. The van der Waals surface area contributed by atoms with Crippen molar-refractivity contribution in [1.82, 2.24) is 19.5 Å². The molecule has 0 bridgehead atoms. The van der Waals surface area contributed by atoms with Crippen LogP contribution in [-0.2, 0) is 4.79 Å². The number of benzene rings is 1. The molecule has 1 aliphatic heterocycles. The van der Waals surface area contributed by atoms with Crippen LogP contribution in [0, 0.1) is 5.92 Å². The largest absolute Gasteiger partial charge is 0.507 e. The van der Waals surface area contributed by atoms with E-state index in [0.717, 1.165) is 49.2 Å². The van der Waals surface area contributed by atoms with Gasteiger partial charge in [0, 0.05) is 43.5 Å². The molecule has 2 N–H and O–H groups in total. The standard InChI is InChI=1S/C21H26N5O2P/c1-14(27)25-9-5-6-15(13-25)11-22-20-10-17(16-7-3-4-8-18(16)28)24-21-19(29-2)12-23-26(20)21/h3-4,7-8,10,12,15,22,28-29H,5-6,9,11,13H2,1-2H3. The highest BCUT2D eigenvalue weighted by molar-refractivity contribution is 7.46. The summed E-state index contributed by atoms with van der Waals surface area (Å²) in [7, 11) is 0.576. The summed E-state index contributed by atoms with van der Waals surface area (Å²) >= 11 is 0. The Labute approximate surface area is 171 Å². The lowest BCUT2D eigenvalue weighted by molar-refractivity contribution is -0.130. The van der Waals surface area contributed by atoms with Crippen molar-refractivity contribution in [3.63, 3.8) is 0 Å². The molecular weight excluding hydrogens is 385 g/mol. The fourth-order valence-corrected chi connectivity index (χ4v) is 4.43. The summed E-state index contributed by atoms with van der Waals surface area (Å²) in [6.45, 7) is 6.13. The first-order valence-corrected chi connectivity index (χ1v) is 11.4. The summed E-state index contributed by atoms with van der Waals surface area (Å²) in [4.78, 5) is 18.4. The number of carbonyl (C=O) groups is 1. The Morgan fingerprint density at radius 3 is 2.97 bits per heavy atom. The highest BCUT2D eigenvalue weighted by atomic mass is 31.1. The maximum atomic E-state index is 11.7. The van der Waals surface area contributed by atoms with Gasteiger partial charge in [0.05, 0.1) is 11.9 Å². The first kappa shape index (κ1) is 19.6. The van der Waals surface area contributed by atoms with Gasteiger partial charge < -0.3 is 15.3 Å². The Hall–Kier alpha value is -2.66. The number of nitrogens with zero attached hydrogens (tertiary/aromatic N) is 4. The van der Waals surface area contributed by atoms with Crippen LogP contribution in [0.4, 0.5) is 5.82 Å². The lowest BCUT2D eigenvalue weighted by Gasteiger charge is -2.32. The van der Waals surface area contributed by atoms with Crippen LogP contribution >= 0.6 is 8.58 Å². The second-order valence-electron chi connectivity index (χ2n) is 7.44. The van der Waals surface area contributed by atoms with Gasteiger partial charge in [-0.3, -0.25) is 4.79 Å². The zero-order valence-corrected chi connectivity index (χ0v) is 17.7. The lowest BCUT2D eigenvalue weighted by Crippen LogP contribution is -2.40. The number of anilines is 1. The predicted molar refractivity (Wildman–Crippen MR) is 117 cm³/mol. The number of nitrogens with one attached hydrogen (secondary N) is 1. The fourth-order valence-electron chi connectivity index (χ4n) is 3.86. The molecule has 1 amide bonds. The van der Waals surface area contributed by atoms with Gasteiger partial charge >= 0.3 is 0 Å². The molecule has 29 heavy (non-hydrogen) atoms. The molecule has 0 spiro atoms. The van der Waals surface area contributed by atoms with Crippen LogP contribution in [0.5, 0.6) is 5.75 Å². The number of aromatic nitrogens is 3. The molecule has 0 radical (unpaired) electrons. The van der Waals surface area contributed by atoms with Crippen molar-refractivity contribution in [1.29, 1.82) is 0 Å². The number of amides is 1. The van der Waals surface area contributed by atoms with Crippen molar-refractivity contribution in [2.24, 2.45) is 5.92 Å². The highest BCUT2D eigenvalue weighted by Crippen LogP contribution is 2.30. The van der Waals surface area contributed by atoms with Gasteiger partial charge in [0.1, 0.15) is 11.6 Å². The maximum absolute atomic E-state index is 11.7. The minimum atomic E-state index is 0.142. The third-order valence-corrected chi connectivity index (χ3v) is 6.35. The number of carbonyl (C=O) groups excluding carboxylic acids is 1. The van der Waals surface area contributed by atoms with Crippen LogP contribution in [0.15, 0.2) is 36.5 Å². The van der Waals surface area contributed by atoms with Gasteiger partial charge in [-0.05, 0) is 37.6 Å². The molecule has 8 heteroatoms. The van der Waals surface area contributed by atoms with E-state index in [9.17, 15) is 9.90 Å². The van der Waals surface area contributed by atoms with Gasteiger partial charge in [0.15, 0.2) is 5.65 Å². The van der Waals surface area contributed by atoms with E-state index < -0.39 is 0 Å². The van der Waals surface area contributed by atoms with E-state index in [2.05, 4.69) is 17.1 Å². The molecule has 1 aliphatic rings. The van der Waals surface area contributed by atoms with Gasteiger partial charge in [-0.25, -0.2) is 4.98 Å². The average molecular weight is 411 g/mol. The lowest BCUT2D eigenvalue weighted by atomic mass is 9.98. The summed E-state index contributed by atoms with van der Waals surface area (Å²) in [5.74, 6) is 1.59. The molecule has 2 aromatic heterocycles. The van der Waals surface area contributed by atoms with Crippen LogP contribution in [0.3, 0.4) is 0 Å². The maximum Gasteiger partial charge on any atom is 0.219 e. The number of phenolic OH excluding ortho intramolecular Hbond substituents is 1. The molecule has 2 unspecified atom stereocenters. The molecule has 7 nitrogen and oxygen atoms in total. The summed E-state index contributed by atoms with van der Waals surface area (Å²) in [6.07, 6.45) is 3.99. The zero-order valence-electron chi connectivity index (χ0n) is 16.7. The van der Waals surface area contributed by atoms with Crippen LogP contribution < -0.4 is 10.6 Å². The second-order valence-corrected chi connectivity index (χ2v) is 8.48. The molecule has 1 aromatic carbocycles. The van der Waals surface area contributed by atoms with Crippen LogP contribution in [0.1, 0.15) is 19.8 Å². The van der Waals surface area contributed by atoms with Crippen LogP contribution in [0.2, 0.25) is 0 Å². The first-order chi connectivity index (χ1) is 14.1. The number of rotatable bonds is 5. The number of likely N-dealkylation sites (tertiary alicyclic amines) is 1. The average Bonchev–Trinajstić information content (AvgIpc) is 3.15. The minimum absolute atomic E-state index is 0.142. The molecular formula is C21H26N5O2P. The van der Waals surface area contributed by atoms with Crippen molar-refractivity contribution in [3.05, 3.63) is 36.5 Å². The molecule has 2 atom stereocenters. The molecule has 152 valence electrons. The number of hydrogen-bond acceptors (Lipinski definition) is 5. The van der Waals surface area contributed by atoms with E-state index in [-0.39, 0.29) is 11.7 Å². The van der Waals surface area contributed by atoms with Gasteiger partial charge in [0.25, 0.3) is 0 Å². The Kier molecular flexibility index (Phi) is 5.67. The Morgan fingerprint density at radius 2 is 2.21 bits per heavy atom. The topological polar surface area (TPSA) is 82.8 Å². The number of phenols is 1. The molecule has 4 rings (SSSR count). The minimum Gasteiger partial charge on any atom is -0.507 e. The Morgan fingerprint density at radius 1 is 1.38 bits per heavy atom. The molecule has 0 saturated carbocycles. The Bertz CT molecular complexity index is 1040. The van der Waals surface area contributed by atoms with Gasteiger partial charge in [-0.2, -0.15) is 9.61 Å². The third kappa shape index (κ3) is 4.06. The van der Waals surface area contributed by atoms with Gasteiger partial charge in [-0.1, -0.05) is 20.7 Å². The third-order valence-electron chi connectivity index (χ3n) is 5.46. The normalized spacial score (nSPS) is 17.3. The van der Waals surface area contributed by atoms with Gasteiger partial charge in [-0.15, -0.1) is 0 Å². The molecule has 0 aliphatic carbocycles. The van der Waals surface area contributed by atoms with Crippen molar-refractivity contribution >= 4 is 31.3 Å². The van der Waals surface area contributed by atoms with E-state index in [4.69, 9.17) is 4.98 Å². The zero-order chi connectivity index (χ0) is 20.4. The molecule has 3 aromatic rings. The number of para-hydroxylation sites is 1. The number of aromatic hydroxyl groups is 1. The number of fused-ring (bicyclic) bond motifs is 1. The molecule has 3 heterocycles. The van der Waals surface area contributed by atoms with E-state index in [1.54, 1.807) is 19.1 Å². The summed E-state index contributed by atoms with van der Waals surface area (Å²) in [6, 6.07) is 9.17. The van der Waals surface area contributed by atoms with E-state index in [0.29, 0.717) is 25.8 Å². The van der Waals surface area contributed by atoms with Crippen molar-refractivity contribution in [3.8, 4) is 17.0 Å². The summed E-state index contributed by atoms with van der Waals surface area (Å²) < 4.78 is 1.83. The predicted octanol–water partition coefficient (Wildman–Crippen LogP) is 2.71. The van der Waals surface area contributed by atoms with Crippen molar-refractivity contribution in [2.45, 2.75) is 19.8 Å². The SMILES string of the molecule is CPc1cnn2c(NCC3CCCN(C(C)=O)C3)cc(-c3ccccc3O)nc12. The van der Waals surface area contributed by atoms with Crippen molar-refractivity contribution in [2.75, 3.05) is 31.6 Å².